The molecule has 1 amide bonds. The van der Waals surface area contributed by atoms with Crippen LogP contribution in [0.2, 0.25) is 0 Å². The molecule has 1 N–H and O–H groups in total. The van der Waals surface area contributed by atoms with Crippen molar-refractivity contribution in [2.24, 2.45) is 5.92 Å². The maximum absolute atomic E-state index is 13.8. The van der Waals surface area contributed by atoms with Gasteiger partial charge >= 0.3 is 5.97 Å². The van der Waals surface area contributed by atoms with Gasteiger partial charge in [0.2, 0.25) is 0 Å². The van der Waals surface area contributed by atoms with E-state index in [2.05, 4.69) is 0 Å². The molecule has 0 aliphatic carbocycles. The van der Waals surface area contributed by atoms with Crippen molar-refractivity contribution in [3.63, 3.8) is 0 Å². The lowest BCUT2D eigenvalue weighted by Crippen LogP contribution is -2.39. The first-order valence-corrected chi connectivity index (χ1v) is 9.00. The van der Waals surface area contributed by atoms with Crippen LogP contribution in [0.3, 0.4) is 0 Å². The Morgan fingerprint density at radius 1 is 1.11 bits per heavy atom. The fourth-order valence-corrected chi connectivity index (χ4v) is 3.36. The number of nitrogens with zero attached hydrogens (tertiary/aromatic N) is 1. The van der Waals surface area contributed by atoms with E-state index in [4.69, 9.17) is 9.84 Å². The third kappa shape index (κ3) is 5.06. The summed E-state index contributed by atoms with van der Waals surface area (Å²) in [4.78, 5) is 25.1. The number of carbonyl (C=O) groups excluding carboxylic acids is 1. The van der Waals surface area contributed by atoms with E-state index in [0.29, 0.717) is 36.7 Å². The zero-order valence-corrected chi connectivity index (χ0v) is 14.9. The van der Waals surface area contributed by atoms with Crippen molar-refractivity contribution in [1.29, 1.82) is 0 Å². The Bertz CT molecular complexity index is 815. The topological polar surface area (TPSA) is 66.8 Å². The number of hydrogen-bond donors (Lipinski definition) is 1. The SMILES string of the molecule is O=C(O)COc1cccc(C(=O)N2CCC(Cc3ccccc3F)CC2)c1. The quantitative estimate of drug-likeness (QED) is 0.845. The number of hydrogen-bond acceptors (Lipinski definition) is 3. The molecule has 27 heavy (non-hydrogen) atoms. The normalized spacial score (nSPS) is 14.8. The van der Waals surface area contributed by atoms with Crippen LogP contribution in [0.5, 0.6) is 5.75 Å². The molecular formula is C21H22FNO4. The summed E-state index contributed by atoms with van der Waals surface area (Å²) in [5.74, 6) is -0.619. The van der Waals surface area contributed by atoms with E-state index in [9.17, 15) is 14.0 Å². The van der Waals surface area contributed by atoms with Crippen LogP contribution in [-0.2, 0) is 11.2 Å². The van der Waals surface area contributed by atoms with Gasteiger partial charge in [0.1, 0.15) is 11.6 Å². The summed E-state index contributed by atoms with van der Waals surface area (Å²) >= 11 is 0. The van der Waals surface area contributed by atoms with Gasteiger partial charge in [-0.25, -0.2) is 9.18 Å². The standard InChI is InChI=1S/C21H22FNO4/c22-19-7-2-1-4-16(19)12-15-8-10-23(11-9-15)21(26)17-5-3-6-18(13-17)27-14-20(24)25/h1-7,13,15H,8-12,14H2,(H,24,25). The second-order valence-corrected chi connectivity index (χ2v) is 6.74. The number of amides is 1. The molecule has 1 heterocycles. The van der Waals surface area contributed by atoms with Crippen LogP contribution in [0, 0.1) is 11.7 Å². The van der Waals surface area contributed by atoms with Gasteiger partial charge in [0, 0.05) is 18.7 Å². The van der Waals surface area contributed by atoms with Crippen LogP contribution in [0.4, 0.5) is 4.39 Å². The molecule has 2 aromatic carbocycles. The van der Waals surface area contributed by atoms with Crippen molar-refractivity contribution in [1.82, 2.24) is 4.90 Å². The molecule has 5 nitrogen and oxygen atoms in total. The Labute approximate surface area is 157 Å². The molecule has 0 radical (unpaired) electrons. The first kappa shape index (κ1) is 18.9. The lowest BCUT2D eigenvalue weighted by Gasteiger charge is -2.32. The maximum atomic E-state index is 13.8. The second kappa shape index (κ2) is 8.66. The second-order valence-electron chi connectivity index (χ2n) is 6.74. The summed E-state index contributed by atoms with van der Waals surface area (Å²) < 4.78 is 18.9. The number of piperidine rings is 1. The van der Waals surface area contributed by atoms with E-state index in [0.717, 1.165) is 18.4 Å². The Morgan fingerprint density at radius 2 is 1.85 bits per heavy atom. The van der Waals surface area contributed by atoms with E-state index in [1.54, 1.807) is 35.2 Å². The average molecular weight is 371 g/mol. The molecule has 0 atom stereocenters. The zero-order chi connectivity index (χ0) is 19.2. The number of rotatable bonds is 6. The Morgan fingerprint density at radius 3 is 2.56 bits per heavy atom. The first-order chi connectivity index (χ1) is 13.0. The number of ether oxygens (including phenoxy) is 1. The highest BCUT2D eigenvalue weighted by Crippen LogP contribution is 2.24. The van der Waals surface area contributed by atoms with E-state index in [1.807, 2.05) is 12.1 Å². The van der Waals surface area contributed by atoms with E-state index >= 15 is 0 Å². The zero-order valence-electron chi connectivity index (χ0n) is 14.9. The summed E-state index contributed by atoms with van der Waals surface area (Å²) in [6.45, 7) is 0.801. The monoisotopic (exact) mass is 371 g/mol. The van der Waals surface area contributed by atoms with Crippen LogP contribution in [0.15, 0.2) is 48.5 Å². The van der Waals surface area contributed by atoms with E-state index < -0.39 is 12.6 Å². The fraction of sp³-hybridized carbons (Fsp3) is 0.333. The summed E-state index contributed by atoms with van der Waals surface area (Å²) in [5.41, 5.74) is 1.20. The molecule has 1 aliphatic heterocycles. The van der Waals surface area contributed by atoms with E-state index in [1.165, 1.54) is 6.07 Å². The molecule has 3 rings (SSSR count). The maximum Gasteiger partial charge on any atom is 0.341 e. The summed E-state index contributed by atoms with van der Waals surface area (Å²) in [7, 11) is 0. The Kier molecular flexibility index (Phi) is 6.06. The smallest absolute Gasteiger partial charge is 0.341 e. The predicted octanol–water partition coefficient (Wildman–Crippen LogP) is 3.38. The van der Waals surface area contributed by atoms with Crippen molar-refractivity contribution in [2.45, 2.75) is 19.3 Å². The molecule has 0 saturated carbocycles. The number of benzene rings is 2. The lowest BCUT2D eigenvalue weighted by atomic mass is 9.89. The van der Waals surface area contributed by atoms with Gasteiger partial charge in [0.15, 0.2) is 6.61 Å². The highest BCUT2D eigenvalue weighted by molar-refractivity contribution is 5.94. The predicted molar refractivity (Wildman–Crippen MR) is 98.3 cm³/mol. The van der Waals surface area contributed by atoms with Gasteiger partial charge in [-0.15, -0.1) is 0 Å². The van der Waals surface area contributed by atoms with Crippen molar-refractivity contribution >= 4 is 11.9 Å². The number of carbonyl (C=O) groups is 2. The van der Waals surface area contributed by atoms with Crippen molar-refractivity contribution in [2.75, 3.05) is 19.7 Å². The number of halogens is 1. The van der Waals surface area contributed by atoms with Gasteiger partial charge < -0.3 is 14.7 Å². The molecule has 0 unspecified atom stereocenters. The van der Waals surface area contributed by atoms with Crippen LogP contribution in [-0.4, -0.2) is 41.6 Å². The van der Waals surface area contributed by atoms with Crippen molar-refractivity contribution in [3.05, 3.63) is 65.5 Å². The van der Waals surface area contributed by atoms with Gasteiger partial charge in [-0.3, -0.25) is 4.79 Å². The van der Waals surface area contributed by atoms with Crippen LogP contribution < -0.4 is 4.74 Å². The molecule has 0 bridgehead atoms. The number of carboxylic acid groups (broad SMARTS) is 1. The van der Waals surface area contributed by atoms with Gasteiger partial charge in [0.25, 0.3) is 5.91 Å². The molecule has 0 spiro atoms. The highest BCUT2D eigenvalue weighted by atomic mass is 19.1. The van der Waals surface area contributed by atoms with Crippen molar-refractivity contribution < 1.29 is 23.8 Å². The minimum atomic E-state index is -1.07. The minimum absolute atomic E-state index is 0.0971. The highest BCUT2D eigenvalue weighted by Gasteiger charge is 2.24. The fourth-order valence-electron chi connectivity index (χ4n) is 3.36. The number of aliphatic carboxylic acids is 1. The lowest BCUT2D eigenvalue weighted by molar-refractivity contribution is -0.139. The van der Waals surface area contributed by atoms with Crippen LogP contribution >= 0.6 is 0 Å². The first-order valence-electron chi connectivity index (χ1n) is 9.00. The third-order valence-corrected chi connectivity index (χ3v) is 4.81. The third-order valence-electron chi connectivity index (χ3n) is 4.81. The number of carboxylic acids is 1. The van der Waals surface area contributed by atoms with Gasteiger partial charge in [-0.2, -0.15) is 0 Å². The summed E-state index contributed by atoms with van der Waals surface area (Å²) in [5, 5.41) is 8.68. The van der Waals surface area contributed by atoms with Crippen molar-refractivity contribution in [3.8, 4) is 5.75 Å². The average Bonchev–Trinajstić information content (AvgIpc) is 2.68. The van der Waals surface area contributed by atoms with Gasteiger partial charge in [-0.05, 0) is 55.0 Å². The van der Waals surface area contributed by atoms with Crippen LogP contribution in [0.1, 0.15) is 28.8 Å². The van der Waals surface area contributed by atoms with Crippen LogP contribution in [0.25, 0.3) is 0 Å². The van der Waals surface area contributed by atoms with E-state index in [-0.39, 0.29) is 11.7 Å². The Hall–Kier alpha value is -2.89. The Balaban J connectivity index is 1.56. The van der Waals surface area contributed by atoms with Gasteiger partial charge in [0.05, 0.1) is 0 Å². The summed E-state index contributed by atoms with van der Waals surface area (Å²) in [6, 6.07) is 13.4. The molecule has 142 valence electrons. The largest absolute Gasteiger partial charge is 0.482 e. The minimum Gasteiger partial charge on any atom is -0.482 e. The molecule has 0 aromatic heterocycles. The molecule has 6 heteroatoms. The molecule has 1 aliphatic rings. The molecule has 1 saturated heterocycles. The summed E-state index contributed by atoms with van der Waals surface area (Å²) in [6.07, 6.45) is 2.35. The number of likely N-dealkylation sites (tertiary alicyclic amines) is 1. The van der Waals surface area contributed by atoms with Gasteiger partial charge in [-0.1, -0.05) is 24.3 Å². The molecular weight excluding hydrogens is 349 g/mol. The molecule has 1 fully saturated rings. The molecule has 2 aromatic rings.